The Labute approximate surface area is 841 Å². The van der Waals surface area contributed by atoms with Crippen molar-refractivity contribution in [2.24, 2.45) is 0 Å². The molecule has 0 unspecified atom stereocenters. The van der Waals surface area contributed by atoms with Gasteiger partial charge in [0.05, 0.1) is 55.2 Å². The van der Waals surface area contributed by atoms with Crippen molar-refractivity contribution in [1.82, 2.24) is 37.8 Å². The van der Waals surface area contributed by atoms with Crippen LogP contribution in [0.1, 0.15) is 143 Å². The van der Waals surface area contributed by atoms with E-state index in [4.69, 9.17) is 15.0 Å². The minimum absolute atomic E-state index is 0.708. The van der Waals surface area contributed by atoms with Gasteiger partial charge >= 0.3 is 0 Å². The van der Waals surface area contributed by atoms with Crippen molar-refractivity contribution in [2.45, 2.75) is 161 Å². The SMILES string of the molecule is CCCCCCCCCCCCc1ccc(-c2nc(-c3ccc(C)cc3)nc(-c3ccc(C)cc3)n2)cc1.Cc1ccc(-c2ccc3c(c2)c2cc(-c4ccc(C)cc4)ccc2n3-c2ccccc2)cc1.Cc1ccc(-n2c3ccc(-n4c5ccc(C)cc5c5cc(C)ccc54)cc3c3cc(-n4c5ccc(C)cc5c5cc(C)ccc54)ccc32)cc1.Cc1ccc(-n2c3ccc(C)cc3c3cc(C)ccc32)cc1. The van der Waals surface area contributed by atoms with Crippen molar-refractivity contribution in [3.05, 3.63) is 455 Å². The fraction of sp³-hybridized carbons (Fsp3) is 0.178. The van der Waals surface area contributed by atoms with E-state index in [0.29, 0.717) is 11.6 Å². The van der Waals surface area contributed by atoms with Gasteiger partial charge in [0.2, 0.25) is 0 Å². The Hall–Kier alpha value is -16.0. The van der Waals surface area contributed by atoms with Crippen molar-refractivity contribution in [3.8, 4) is 84.9 Å². The lowest BCUT2D eigenvalue weighted by Crippen LogP contribution is -2.00. The maximum Gasteiger partial charge on any atom is 0.164 e. The van der Waals surface area contributed by atoms with Crippen LogP contribution < -0.4 is 0 Å². The highest BCUT2D eigenvalue weighted by Crippen LogP contribution is 2.44. The maximum atomic E-state index is 4.88. The molecule has 0 fully saturated rings. The second-order valence-corrected chi connectivity index (χ2v) is 40.1. The molecule has 0 aliphatic carbocycles. The third kappa shape index (κ3) is 19.4. The van der Waals surface area contributed by atoms with Crippen molar-refractivity contribution in [1.29, 1.82) is 0 Å². The Morgan fingerprint density at radius 2 is 0.364 bits per heavy atom. The standard InChI is InChI=1S/C47H37N3.C35H43N3.C32H25N.C21H19N/c1-28-6-12-33(13-7-28)48-46-20-14-34(49-42-16-8-29(2)22-36(42)37-23-30(3)9-17-43(37)49)26-40(46)41-27-35(15-21-47(41)48)50-44-18-10-31(4)24-38(44)39-25-32(5)11-19-45(39)50;1-4-5-6-7-8-9-10-11-12-13-14-29-19-25-32(26-20-29)35-37-33(30-21-15-27(2)16-22-30)36-34(38-35)31-23-17-28(3)18-24-31;1-22-8-12-24(13-9-22)26-16-18-31-29(20-26)30-21-27(25-14-10-23(2)11-15-25)17-19-32(30)33(31)28-6-4-3-5-7-28;1-14-4-8-17(9-5-14)22-20-10-6-15(2)12-18(20)19-13-16(3)7-11-21(19)22/h6-27H,1-5H3;15-26H,4-14H2,1-3H3;3-21H,1-2H3;4-13H,1-3H3. The highest BCUT2D eigenvalue weighted by Gasteiger charge is 2.24. The molecule has 0 amide bonds. The van der Waals surface area contributed by atoms with Gasteiger partial charge in [-0.15, -0.1) is 0 Å². The first-order valence-corrected chi connectivity index (χ1v) is 51.3. The fourth-order valence-corrected chi connectivity index (χ4v) is 21.1. The average molecular weight is 1860 g/mol. The van der Waals surface area contributed by atoms with Gasteiger partial charge in [-0.1, -0.05) is 344 Å². The zero-order valence-corrected chi connectivity index (χ0v) is 84.7. The lowest BCUT2D eigenvalue weighted by atomic mass is 9.99. The number of fused-ring (bicyclic) bond motifs is 15. The van der Waals surface area contributed by atoms with Crippen LogP contribution in [-0.2, 0) is 6.42 Å². The second kappa shape index (κ2) is 40.7. The number of unbranched alkanes of at least 4 members (excludes halogenated alkanes) is 9. The van der Waals surface area contributed by atoms with E-state index < -0.39 is 0 Å². The van der Waals surface area contributed by atoms with E-state index in [-0.39, 0.29) is 0 Å². The second-order valence-electron chi connectivity index (χ2n) is 40.1. The Morgan fingerprint density at radius 3 is 0.657 bits per heavy atom. The normalized spacial score (nSPS) is 11.6. The van der Waals surface area contributed by atoms with Crippen LogP contribution in [0, 0.1) is 83.1 Å². The van der Waals surface area contributed by atoms with Crippen molar-refractivity contribution in [2.75, 3.05) is 0 Å². The van der Waals surface area contributed by atoms with Gasteiger partial charge in [0, 0.05) is 99.0 Å². The summed E-state index contributed by atoms with van der Waals surface area (Å²) in [6.45, 7) is 28.1. The number of aromatic nitrogens is 8. The van der Waals surface area contributed by atoms with Gasteiger partial charge in [0.25, 0.3) is 0 Å². The van der Waals surface area contributed by atoms with E-state index in [0.717, 1.165) is 28.9 Å². The molecule has 0 aliphatic rings. The molecular formula is C135H124N8. The molecule has 24 aromatic rings. The molecular weight excluding hydrogens is 1730 g/mol. The van der Waals surface area contributed by atoms with Gasteiger partial charge in [-0.2, -0.15) is 0 Å². The van der Waals surface area contributed by atoms with Crippen molar-refractivity contribution < 1.29 is 0 Å². The number of hydrogen-bond donors (Lipinski definition) is 0. The molecule has 24 rings (SSSR count). The molecule has 0 aliphatic heterocycles. The summed E-state index contributed by atoms with van der Waals surface area (Å²) in [5.74, 6) is 2.14. The largest absolute Gasteiger partial charge is 0.309 e. The fourth-order valence-electron chi connectivity index (χ4n) is 21.1. The van der Waals surface area contributed by atoms with Crippen LogP contribution in [0.5, 0.6) is 0 Å². The molecule has 0 N–H and O–H groups in total. The van der Waals surface area contributed by atoms with Crippen LogP contribution in [0.15, 0.2) is 382 Å². The minimum Gasteiger partial charge on any atom is -0.309 e. The maximum absolute atomic E-state index is 4.88. The molecule has 0 saturated heterocycles. The summed E-state index contributed by atoms with van der Waals surface area (Å²) in [6, 6.07) is 140. The van der Waals surface area contributed by atoms with E-state index >= 15 is 0 Å². The van der Waals surface area contributed by atoms with Crippen LogP contribution in [0.4, 0.5) is 0 Å². The summed E-state index contributed by atoms with van der Waals surface area (Å²) < 4.78 is 12.1. The Kier molecular flexibility index (Phi) is 26.5. The van der Waals surface area contributed by atoms with Crippen LogP contribution in [0.25, 0.3) is 194 Å². The molecule has 8 nitrogen and oxygen atoms in total. The summed E-state index contributed by atoms with van der Waals surface area (Å²) in [5, 5.41) is 12.9. The molecule has 6 aromatic heterocycles. The summed E-state index contributed by atoms with van der Waals surface area (Å²) in [6.07, 6.45) is 14.8. The number of benzene rings is 18. The molecule has 0 atom stereocenters. The predicted molar refractivity (Wildman–Crippen MR) is 610 cm³/mol. The van der Waals surface area contributed by atoms with E-state index in [9.17, 15) is 0 Å². The third-order valence-corrected chi connectivity index (χ3v) is 28.9. The van der Waals surface area contributed by atoms with Gasteiger partial charge in [0.1, 0.15) is 0 Å². The monoisotopic (exact) mass is 1860 g/mol. The van der Waals surface area contributed by atoms with Gasteiger partial charge in [0.15, 0.2) is 17.5 Å². The van der Waals surface area contributed by atoms with Gasteiger partial charge in [-0.05, 0) is 294 Å². The molecule has 0 spiro atoms. The van der Waals surface area contributed by atoms with E-state index in [2.05, 4.69) is 495 Å². The molecule has 143 heavy (non-hydrogen) atoms. The quantitative estimate of drug-likeness (QED) is 0.0674. The topological polar surface area (TPSA) is 63.3 Å². The van der Waals surface area contributed by atoms with Crippen molar-refractivity contribution >= 4 is 109 Å². The molecule has 0 saturated carbocycles. The first-order valence-electron chi connectivity index (χ1n) is 51.3. The first-order chi connectivity index (χ1) is 69.7. The molecule has 0 radical (unpaired) electrons. The predicted octanol–water partition coefficient (Wildman–Crippen LogP) is 36.9. The summed E-state index contributed by atoms with van der Waals surface area (Å²) in [5.41, 5.74) is 42.9. The number of aryl methyl sites for hydroxylation is 13. The van der Waals surface area contributed by atoms with E-state index in [1.54, 1.807) is 0 Å². The van der Waals surface area contributed by atoms with E-state index in [1.807, 2.05) is 0 Å². The first kappa shape index (κ1) is 93.3. The smallest absolute Gasteiger partial charge is 0.164 e. The summed E-state index contributed by atoms with van der Waals surface area (Å²) in [4.78, 5) is 14.6. The summed E-state index contributed by atoms with van der Waals surface area (Å²) >= 11 is 0. The van der Waals surface area contributed by atoms with Crippen LogP contribution in [0.2, 0.25) is 0 Å². The van der Waals surface area contributed by atoms with E-state index in [1.165, 1.54) is 296 Å². The Bertz CT molecular complexity index is 8280. The molecule has 18 aromatic carbocycles. The number of nitrogens with zero attached hydrogens (tertiary/aromatic N) is 8. The van der Waals surface area contributed by atoms with Crippen molar-refractivity contribution in [3.63, 3.8) is 0 Å². The van der Waals surface area contributed by atoms with Gasteiger partial charge < -0.3 is 22.8 Å². The lowest BCUT2D eigenvalue weighted by Gasteiger charge is -2.11. The number of hydrogen-bond acceptors (Lipinski definition) is 3. The minimum atomic E-state index is 0.708. The Morgan fingerprint density at radius 1 is 0.161 bits per heavy atom. The molecule has 0 bridgehead atoms. The molecule has 6 heterocycles. The van der Waals surface area contributed by atoms with Gasteiger partial charge in [-0.25, -0.2) is 15.0 Å². The highest BCUT2D eigenvalue weighted by molar-refractivity contribution is 6.16. The van der Waals surface area contributed by atoms with Crippen LogP contribution >= 0.6 is 0 Å². The zero-order chi connectivity index (χ0) is 98.0. The Balaban J connectivity index is 0.000000117. The van der Waals surface area contributed by atoms with Crippen LogP contribution in [-0.4, -0.2) is 37.8 Å². The average Bonchev–Trinajstić information content (AvgIpc) is 1.56. The van der Waals surface area contributed by atoms with Crippen LogP contribution in [0.3, 0.4) is 0 Å². The lowest BCUT2D eigenvalue weighted by molar-refractivity contribution is 0.556. The number of rotatable bonds is 21. The summed E-state index contributed by atoms with van der Waals surface area (Å²) in [7, 11) is 0. The third-order valence-electron chi connectivity index (χ3n) is 28.9. The highest BCUT2D eigenvalue weighted by atomic mass is 15.0. The van der Waals surface area contributed by atoms with Gasteiger partial charge in [-0.3, -0.25) is 0 Å². The molecule has 8 heteroatoms. The zero-order valence-electron chi connectivity index (χ0n) is 84.7. The number of para-hydroxylation sites is 1. The molecule has 704 valence electrons.